The van der Waals surface area contributed by atoms with Crippen LogP contribution < -0.4 is 10.6 Å². The highest BCUT2D eigenvalue weighted by molar-refractivity contribution is 5.57. The summed E-state index contributed by atoms with van der Waals surface area (Å²) in [5, 5.41) is 16.1. The van der Waals surface area contributed by atoms with Crippen LogP contribution in [0.1, 0.15) is 38.1 Å². The molecule has 5 nitrogen and oxygen atoms in total. The minimum Gasteiger partial charge on any atom is -0.391 e. The van der Waals surface area contributed by atoms with Crippen molar-refractivity contribution < 1.29 is 5.11 Å². The van der Waals surface area contributed by atoms with E-state index < -0.39 is 0 Å². The average Bonchev–Trinajstić information content (AvgIpc) is 2.32. The summed E-state index contributed by atoms with van der Waals surface area (Å²) in [5.41, 5.74) is 0.992. The SMILES string of the molecule is CCCC(O)CNc1nc(C)nc(NCC)c1C. The number of hydrogen-bond donors (Lipinski definition) is 3. The first-order chi connectivity index (χ1) is 8.58. The van der Waals surface area contributed by atoms with Crippen molar-refractivity contribution in [3.8, 4) is 0 Å². The van der Waals surface area contributed by atoms with Gasteiger partial charge in [-0.1, -0.05) is 13.3 Å². The van der Waals surface area contributed by atoms with Gasteiger partial charge in [-0.25, -0.2) is 9.97 Å². The molecule has 0 aliphatic heterocycles. The lowest BCUT2D eigenvalue weighted by atomic mass is 10.2. The van der Waals surface area contributed by atoms with Crippen molar-refractivity contribution in [2.75, 3.05) is 23.7 Å². The standard InChI is InChI=1S/C13H24N4O/c1-5-7-11(18)8-15-13-9(3)12(14-6-2)16-10(4)17-13/h11,18H,5-8H2,1-4H3,(H2,14,15,16,17). The van der Waals surface area contributed by atoms with Gasteiger partial charge in [0.25, 0.3) is 0 Å². The average molecular weight is 252 g/mol. The number of aryl methyl sites for hydroxylation is 1. The second-order valence-electron chi connectivity index (χ2n) is 4.45. The summed E-state index contributed by atoms with van der Waals surface area (Å²) in [6.07, 6.45) is 1.45. The lowest BCUT2D eigenvalue weighted by molar-refractivity contribution is 0.176. The lowest BCUT2D eigenvalue weighted by Crippen LogP contribution is -2.20. The highest BCUT2D eigenvalue weighted by Gasteiger charge is 2.10. The zero-order valence-corrected chi connectivity index (χ0v) is 11.7. The number of rotatable bonds is 7. The van der Waals surface area contributed by atoms with Crippen molar-refractivity contribution in [3.63, 3.8) is 0 Å². The fourth-order valence-corrected chi connectivity index (χ4v) is 1.79. The predicted octanol–water partition coefficient (Wildman–Crippen LogP) is 2.10. The number of aliphatic hydroxyl groups excluding tert-OH is 1. The van der Waals surface area contributed by atoms with Gasteiger partial charge in [-0.05, 0) is 27.2 Å². The van der Waals surface area contributed by atoms with Gasteiger partial charge in [0.05, 0.1) is 6.10 Å². The van der Waals surface area contributed by atoms with Crippen LogP contribution in [0.4, 0.5) is 11.6 Å². The molecule has 1 rings (SSSR count). The minimum absolute atomic E-state index is 0.327. The Hall–Kier alpha value is -1.36. The number of aromatic nitrogens is 2. The monoisotopic (exact) mass is 252 g/mol. The second kappa shape index (κ2) is 7.16. The summed E-state index contributed by atoms with van der Waals surface area (Å²) in [7, 11) is 0. The molecule has 0 fully saturated rings. The van der Waals surface area contributed by atoms with Crippen LogP contribution in [0.5, 0.6) is 0 Å². The fraction of sp³-hybridized carbons (Fsp3) is 0.692. The van der Waals surface area contributed by atoms with Gasteiger partial charge in [-0.2, -0.15) is 0 Å². The Kier molecular flexibility index (Phi) is 5.85. The topological polar surface area (TPSA) is 70.1 Å². The molecule has 1 aromatic rings. The van der Waals surface area contributed by atoms with Gasteiger partial charge in [0.1, 0.15) is 17.5 Å². The number of nitrogens with zero attached hydrogens (tertiary/aromatic N) is 2. The quantitative estimate of drug-likeness (QED) is 0.693. The Labute approximate surface area is 109 Å². The smallest absolute Gasteiger partial charge is 0.134 e. The van der Waals surface area contributed by atoms with Crippen molar-refractivity contribution in [2.24, 2.45) is 0 Å². The Morgan fingerprint density at radius 2 is 1.72 bits per heavy atom. The Morgan fingerprint density at radius 3 is 2.28 bits per heavy atom. The van der Waals surface area contributed by atoms with Gasteiger partial charge in [0.2, 0.25) is 0 Å². The molecule has 102 valence electrons. The predicted molar refractivity (Wildman–Crippen MR) is 75.1 cm³/mol. The van der Waals surface area contributed by atoms with Crippen LogP contribution in [0.3, 0.4) is 0 Å². The van der Waals surface area contributed by atoms with Gasteiger partial charge in [-0.15, -0.1) is 0 Å². The molecule has 1 unspecified atom stereocenters. The Balaban J connectivity index is 2.75. The number of nitrogens with one attached hydrogen (secondary N) is 2. The molecule has 0 aliphatic carbocycles. The third-order valence-electron chi connectivity index (χ3n) is 2.73. The van der Waals surface area contributed by atoms with Crippen molar-refractivity contribution in [3.05, 3.63) is 11.4 Å². The molecule has 0 spiro atoms. The summed E-state index contributed by atoms with van der Waals surface area (Å²) < 4.78 is 0. The van der Waals surface area contributed by atoms with E-state index >= 15 is 0 Å². The van der Waals surface area contributed by atoms with Gasteiger partial charge in [-0.3, -0.25) is 0 Å². The third-order valence-corrected chi connectivity index (χ3v) is 2.73. The van der Waals surface area contributed by atoms with E-state index in [0.29, 0.717) is 6.54 Å². The normalized spacial score (nSPS) is 12.3. The maximum atomic E-state index is 9.72. The molecular formula is C13H24N4O. The Morgan fingerprint density at radius 1 is 1.11 bits per heavy atom. The lowest BCUT2D eigenvalue weighted by Gasteiger charge is -2.15. The van der Waals surface area contributed by atoms with E-state index in [9.17, 15) is 5.11 Å². The van der Waals surface area contributed by atoms with Crippen LogP contribution in [0.15, 0.2) is 0 Å². The van der Waals surface area contributed by atoms with Crippen LogP contribution >= 0.6 is 0 Å². The summed E-state index contributed by atoms with van der Waals surface area (Å²) in [5.74, 6) is 2.38. The number of anilines is 2. The maximum Gasteiger partial charge on any atom is 0.134 e. The summed E-state index contributed by atoms with van der Waals surface area (Å²) in [4.78, 5) is 8.74. The highest BCUT2D eigenvalue weighted by atomic mass is 16.3. The first kappa shape index (κ1) is 14.7. The van der Waals surface area contributed by atoms with E-state index in [-0.39, 0.29) is 6.10 Å². The molecule has 1 heterocycles. The van der Waals surface area contributed by atoms with E-state index in [1.807, 2.05) is 20.8 Å². The van der Waals surface area contributed by atoms with Crippen molar-refractivity contribution in [1.82, 2.24) is 9.97 Å². The van der Waals surface area contributed by atoms with Gasteiger partial charge >= 0.3 is 0 Å². The van der Waals surface area contributed by atoms with Crippen LogP contribution in [0.25, 0.3) is 0 Å². The van der Waals surface area contributed by atoms with Crippen molar-refractivity contribution in [2.45, 2.75) is 46.6 Å². The first-order valence-corrected chi connectivity index (χ1v) is 6.59. The number of aliphatic hydroxyl groups is 1. The van der Waals surface area contributed by atoms with Gasteiger partial charge in [0.15, 0.2) is 0 Å². The van der Waals surface area contributed by atoms with Gasteiger partial charge in [0, 0.05) is 18.7 Å². The van der Waals surface area contributed by atoms with Crippen LogP contribution in [-0.4, -0.2) is 34.3 Å². The molecule has 0 saturated heterocycles. The van der Waals surface area contributed by atoms with Crippen LogP contribution in [0, 0.1) is 13.8 Å². The van der Waals surface area contributed by atoms with E-state index in [2.05, 4.69) is 27.5 Å². The molecule has 1 atom stereocenters. The first-order valence-electron chi connectivity index (χ1n) is 6.59. The Bertz CT molecular complexity index is 381. The molecule has 18 heavy (non-hydrogen) atoms. The van der Waals surface area contributed by atoms with E-state index in [4.69, 9.17) is 0 Å². The second-order valence-corrected chi connectivity index (χ2v) is 4.45. The van der Waals surface area contributed by atoms with E-state index in [1.165, 1.54) is 0 Å². The minimum atomic E-state index is -0.327. The molecule has 0 bridgehead atoms. The van der Waals surface area contributed by atoms with Crippen LogP contribution in [-0.2, 0) is 0 Å². The van der Waals surface area contributed by atoms with Crippen molar-refractivity contribution >= 4 is 11.6 Å². The van der Waals surface area contributed by atoms with Gasteiger partial charge < -0.3 is 15.7 Å². The molecular weight excluding hydrogens is 228 g/mol. The largest absolute Gasteiger partial charge is 0.391 e. The molecule has 3 N–H and O–H groups in total. The molecule has 1 aromatic heterocycles. The van der Waals surface area contributed by atoms with Crippen LogP contribution in [0.2, 0.25) is 0 Å². The third kappa shape index (κ3) is 4.14. The molecule has 0 aromatic carbocycles. The number of hydrogen-bond acceptors (Lipinski definition) is 5. The molecule has 0 radical (unpaired) electrons. The summed E-state index contributed by atoms with van der Waals surface area (Å²) >= 11 is 0. The zero-order valence-electron chi connectivity index (χ0n) is 11.7. The summed E-state index contributed by atoms with van der Waals surface area (Å²) in [6, 6.07) is 0. The maximum absolute atomic E-state index is 9.72. The summed E-state index contributed by atoms with van der Waals surface area (Å²) in [6.45, 7) is 9.30. The van der Waals surface area contributed by atoms with E-state index in [1.54, 1.807) is 0 Å². The molecule has 0 amide bonds. The molecule has 5 heteroatoms. The molecule has 0 saturated carbocycles. The highest BCUT2D eigenvalue weighted by Crippen LogP contribution is 2.19. The van der Waals surface area contributed by atoms with Crippen molar-refractivity contribution in [1.29, 1.82) is 0 Å². The van der Waals surface area contributed by atoms with E-state index in [0.717, 1.165) is 42.4 Å². The zero-order chi connectivity index (χ0) is 13.5. The molecule has 0 aliphatic rings. The fourth-order valence-electron chi connectivity index (χ4n) is 1.79.